The molecular weight excluding hydrogens is 441 g/mol. The number of benzene rings is 1. The molecule has 5 N–H and O–H groups in total. The number of carbonyl (C=O) groups excluding carboxylic acids is 1. The van der Waals surface area contributed by atoms with Gasteiger partial charge in [0.15, 0.2) is 5.65 Å². The Labute approximate surface area is 189 Å². The summed E-state index contributed by atoms with van der Waals surface area (Å²) in [5, 5.41) is 7.97. The number of halogens is 2. The maximum absolute atomic E-state index is 12.0. The van der Waals surface area contributed by atoms with Gasteiger partial charge in [0.2, 0.25) is 11.9 Å². The smallest absolute Gasteiger partial charge is 0.237 e. The first-order chi connectivity index (χ1) is 14.9. The molecule has 0 spiro atoms. The highest BCUT2D eigenvalue weighted by molar-refractivity contribution is 6.42. The van der Waals surface area contributed by atoms with Gasteiger partial charge in [-0.25, -0.2) is 9.97 Å². The van der Waals surface area contributed by atoms with Crippen molar-refractivity contribution in [2.45, 2.75) is 44.2 Å². The highest BCUT2D eigenvalue weighted by atomic mass is 35.5. The Hall–Kier alpha value is -2.62. The molecule has 164 valence electrons. The maximum atomic E-state index is 12.0. The fraction of sp³-hybridized carbons (Fsp3) is 0.400. The van der Waals surface area contributed by atoms with Crippen molar-refractivity contribution < 1.29 is 9.53 Å². The third kappa shape index (κ3) is 5.00. The number of nitrogens with two attached hydrogens (primary N) is 2. The lowest BCUT2D eigenvalue weighted by molar-refractivity contribution is -0.122. The number of nitrogens with zero attached hydrogens (tertiary/aromatic N) is 4. The summed E-state index contributed by atoms with van der Waals surface area (Å²) in [6, 6.07) is 3.22. The Morgan fingerprint density at radius 3 is 2.90 bits per heavy atom. The molecule has 1 aliphatic rings. The zero-order valence-electron chi connectivity index (χ0n) is 16.7. The van der Waals surface area contributed by atoms with Gasteiger partial charge in [-0.3, -0.25) is 4.79 Å². The molecule has 4 rings (SSSR count). The number of hydrogen-bond donors (Lipinski definition) is 3. The fourth-order valence-electron chi connectivity index (χ4n) is 3.22. The van der Waals surface area contributed by atoms with Gasteiger partial charge in [-0.1, -0.05) is 23.2 Å². The Morgan fingerprint density at radius 1 is 1.32 bits per heavy atom. The summed E-state index contributed by atoms with van der Waals surface area (Å²) in [5.74, 6) is 0.742. The molecule has 1 saturated carbocycles. The first kappa shape index (κ1) is 21.6. The lowest BCUT2D eigenvalue weighted by Gasteiger charge is -2.15. The van der Waals surface area contributed by atoms with E-state index in [0.29, 0.717) is 53.4 Å². The van der Waals surface area contributed by atoms with Crippen LogP contribution in [0.5, 0.6) is 5.75 Å². The summed E-state index contributed by atoms with van der Waals surface area (Å²) < 4.78 is 7.43. The van der Waals surface area contributed by atoms with Crippen LogP contribution in [-0.2, 0) is 11.2 Å². The minimum absolute atomic E-state index is 0.105. The highest BCUT2D eigenvalue weighted by Gasteiger charge is 2.25. The molecule has 1 unspecified atom stereocenters. The van der Waals surface area contributed by atoms with Crippen LogP contribution in [0, 0.1) is 0 Å². The van der Waals surface area contributed by atoms with Gasteiger partial charge >= 0.3 is 0 Å². The molecule has 1 fully saturated rings. The van der Waals surface area contributed by atoms with E-state index < -0.39 is 6.04 Å². The molecule has 0 bridgehead atoms. The van der Waals surface area contributed by atoms with Crippen LogP contribution in [0.4, 0.5) is 5.95 Å². The maximum Gasteiger partial charge on any atom is 0.237 e. The first-order valence-corrected chi connectivity index (χ1v) is 10.8. The van der Waals surface area contributed by atoms with E-state index in [2.05, 4.69) is 20.4 Å². The molecule has 11 heteroatoms. The minimum atomic E-state index is -0.540. The van der Waals surface area contributed by atoms with Gasteiger partial charge in [-0.2, -0.15) is 9.61 Å². The summed E-state index contributed by atoms with van der Waals surface area (Å²) in [6.07, 6.45) is 6.67. The SMILES string of the molecule is Nc1ncnc2c(Cc3c(OCCCC(N)C(=O)NC4CC4)ccc(Cl)c3Cl)cnn12. The van der Waals surface area contributed by atoms with Crippen LogP contribution in [0.3, 0.4) is 0 Å². The van der Waals surface area contributed by atoms with Gasteiger partial charge in [-0.05, 0) is 37.8 Å². The number of hydrogen-bond acceptors (Lipinski definition) is 7. The van der Waals surface area contributed by atoms with E-state index in [1.807, 2.05) is 0 Å². The summed E-state index contributed by atoms with van der Waals surface area (Å²) >= 11 is 12.7. The summed E-state index contributed by atoms with van der Waals surface area (Å²) in [5.41, 5.74) is 13.9. The normalized spacial score (nSPS) is 14.5. The number of nitrogens with one attached hydrogen (secondary N) is 1. The number of fused-ring (bicyclic) bond motifs is 1. The number of ether oxygens (including phenoxy) is 1. The van der Waals surface area contributed by atoms with E-state index in [1.165, 1.54) is 10.8 Å². The Kier molecular flexibility index (Phi) is 6.45. The molecule has 2 aromatic heterocycles. The third-order valence-electron chi connectivity index (χ3n) is 5.10. The number of aromatic nitrogens is 4. The standard InChI is InChI=1S/C20H23Cl2N7O2/c21-14-5-6-16(31-7-1-2-15(23)19(30)28-12-3-4-12)13(17(14)22)8-11-9-27-29-18(11)25-10-26-20(29)24/h5-6,9-10,12,15H,1-4,7-8,23H2,(H,28,30)(H2,24,25,26). The van der Waals surface area contributed by atoms with Crippen molar-refractivity contribution in [3.8, 4) is 5.75 Å². The predicted octanol–water partition coefficient (Wildman–Crippen LogP) is 2.37. The number of carbonyl (C=O) groups is 1. The predicted molar refractivity (Wildman–Crippen MR) is 118 cm³/mol. The second-order valence-corrected chi connectivity index (χ2v) is 8.32. The van der Waals surface area contributed by atoms with E-state index in [0.717, 1.165) is 24.0 Å². The van der Waals surface area contributed by atoms with Crippen LogP contribution in [-0.4, -0.2) is 44.2 Å². The quantitative estimate of drug-likeness (QED) is 0.414. The van der Waals surface area contributed by atoms with Gasteiger partial charge < -0.3 is 21.5 Å². The van der Waals surface area contributed by atoms with Gasteiger partial charge in [0.05, 0.1) is 28.9 Å². The summed E-state index contributed by atoms with van der Waals surface area (Å²) in [6.45, 7) is 0.388. The Morgan fingerprint density at radius 2 is 2.13 bits per heavy atom. The topological polar surface area (TPSA) is 133 Å². The average molecular weight is 464 g/mol. The van der Waals surface area contributed by atoms with Gasteiger partial charge in [0.25, 0.3) is 0 Å². The molecular formula is C20H23Cl2N7O2. The van der Waals surface area contributed by atoms with Crippen LogP contribution in [0.1, 0.15) is 36.8 Å². The second-order valence-electron chi connectivity index (χ2n) is 7.53. The fourth-order valence-corrected chi connectivity index (χ4v) is 3.62. The lowest BCUT2D eigenvalue weighted by atomic mass is 10.1. The van der Waals surface area contributed by atoms with Crippen LogP contribution in [0.25, 0.3) is 5.65 Å². The summed E-state index contributed by atoms with van der Waals surface area (Å²) in [7, 11) is 0. The molecule has 0 radical (unpaired) electrons. The molecule has 31 heavy (non-hydrogen) atoms. The first-order valence-electron chi connectivity index (χ1n) is 10.0. The third-order valence-corrected chi connectivity index (χ3v) is 5.95. The largest absolute Gasteiger partial charge is 0.493 e. The molecule has 9 nitrogen and oxygen atoms in total. The van der Waals surface area contributed by atoms with Crippen LogP contribution < -0.4 is 21.5 Å². The molecule has 1 aliphatic carbocycles. The minimum Gasteiger partial charge on any atom is -0.493 e. The molecule has 1 atom stereocenters. The molecule has 2 heterocycles. The van der Waals surface area contributed by atoms with Crippen LogP contribution in [0.15, 0.2) is 24.7 Å². The van der Waals surface area contributed by atoms with Crippen LogP contribution in [0.2, 0.25) is 10.0 Å². The number of rotatable bonds is 9. The molecule has 3 aromatic rings. The zero-order valence-corrected chi connectivity index (χ0v) is 18.2. The van der Waals surface area contributed by atoms with Crippen molar-refractivity contribution in [2.24, 2.45) is 5.73 Å². The van der Waals surface area contributed by atoms with E-state index in [1.54, 1.807) is 18.3 Å². The van der Waals surface area contributed by atoms with E-state index >= 15 is 0 Å². The zero-order chi connectivity index (χ0) is 22.0. The van der Waals surface area contributed by atoms with Crippen molar-refractivity contribution in [3.63, 3.8) is 0 Å². The Bertz CT molecular complexity index is 1100. The monoisotopic (exact) mass is 463 g/mol. The molecule has 0 saturated heterocycles. The van der Waals surface area contributed by atoms with Gasteiger partial charge in [0, 0.05) is 23.6 Å². The summed E-state index contributed by atoms with van der Waals surface area (Å²) in [4.78, 5) is 20.2. The molecule has 1 amide bonds. The lowest BCUT2D eigenvalue weighted by Crippen LogP contribution is -2.41. The van der Waals surface area contributed by atoms with Crippen LogP contribution >= 0.6 is 23.2 Å². The van der Waals surface area contributed by atoms with E-state index in [4.69, 9.17) is 39.4 Å². The van der Waals surface area contributed by atoms with Gasteiger partial charge in [-0.15, -0.1) is 0 Å². The Balaban J connectivity index is 1.43. The second kappa shape index (κ2) is 9.25. The molecule has 1 aromatic carbocycles. The van der Waals surface area contributed by atoms with Gasteiger partial charge in [0.1, 0.15) is 12.1 Å². The number of amides is 1. The van der Waals surface area contributed by atoms with E-state index in [9.17, 15) is 4.79 Å². The van der Waals surface area contributed by atoms with Crippen molar-refractivity contribution in [3.05, 3.63) is 45.8 Å². The van der Waals surface area contributed by atoms with Crippen molar-refractivity contribution in [1.82, 2.24) is 24.9 Å². The number of nitrogen functional groups attached to an aromatic ring is 1. The highest BCUT2D eigenvalue weighted by Crippen LogP contribution is 2.35. The number of anilines is 1. The van der Waals surface area contributed by atoms with E-state index in [-0.39, 0.29) is 11.9 Å². The van der Waals surface area contributed by atoms with Crippen molar-refractivity contribution >= 4 is 40.7 Å². The van der Waals surface area contributed by atoms with Crippen molar-refractivity contribution in [1.29, 1.82) is 0 Å². The average Bonchev–Trinajstić information content (AvgIpc) is 3.47. The van der Waals surface area contributed by atoms with Crippen molar-refractivity contribution in [2.75, 3.05) is 12.3 Å². The molecule has 0 aliphatic heterocycles.